The van der Waals surface area contributed by atoms with E-state index in [0.29, 0.717) is 0 Å². The van der Waals surface area contributed by atoms with Crippen molar-refractivity contribution in [2.75, 3.05) is 6.61 Å². The molecule has 1 rings (SSSR count). The first-order valence-corrected chi connectivity index (χ1v) is 5.39. The molecule has 0 spiro atoms. The van der Waals surface area contributed by atoms with Crippen LogP contribution in [0.3, 0.4) is 0 Å². The van der Waals surface area contributed by atoms with Crippen LogP contribution in [0.4, 0.5) is 0 Å². The Hall–Kier alpha value is -0.730. The van der Waals surface area contributed by atoms with E-state index in [0.717, 1.165) is 0 Å². The largest absolute Gasteiger partial charge is 0.454 e. The number of carbonyl (C=O) groups is 1. The number of rotatable bonds is 3. The number of aliphatic hydroxyl groups is 4. The van der Waals surface area contributed by atoms with Gasteiger partial charge in [-0.2, -0.15) is 0 Å². The van der Waals surface area contributed by atoms with E-state index in [9.17, 15) is 20.1 Å². The first-order chi connectivity index (χ1) is 7.88. The lowest BCUT2D eigenvalue weighted by Gasteiger charge is -2.39. The summed E-state index contributed by atoms with van der Waals surface area (Å²) < 4.78 is 9.66. The zero-order valence-corrected chi connectivity index (χ0v) is 9.68. The van der Waals surface area contributed by atoms with Gasteiger partial charge >= 0.3 is 5.97 Å². The molecule has 0 radical (unpaired) electrons. The van der Waals surface area contributed by atoms with Gasteiger partial charge in [-0.25, -0.2) is 0 Å². The lowest BCUT2D eigenvalue weighted by molar-refractivity contribution is -0.291. The highest BCUT2D eigenvalue weighted by atomic mass is 16.7. The highest BCUT2D eigenvalue weighted by molar-refractivity contribution is 5.71. The summed E-state index contributed by atoms with van der Waals surface area (Å²) in [6.07, 6.45) is -6.96. The zero-order valence-electron chi connectivity index (χ0n) is 9.68. The fraction of sp³-hybridized carbons (Fsp3) is 0.900. The molecule has 0 unspecified atom stereocenters. The molecule has 0 bridgehead atoms. The lowest BCUT2D eigenvalue weighted by Crippen LogP contribution is -2.59. The Morgan fingerprint density at radius 2 is 1.88 bits per heavy atom. The van der Waals surface area contributed by atoms with E-state index in [-0.39, 0.29) is 0 Å². The van der Waals surface area contributed by atoms with Gasteiger partial charge in [0.1, 0.15) is 18.3 Å². The average Bonchev–Trinajstić information content (AvgIpc) is 2.28. The molecule has 17 heavy (non-hydrogen) atoms. The monoisotopic (exact) mass is 250 g/mol. The van der Waals surface area contributed by atoms with Crippen LogP contribution in [-0.2, 0) is 14.3 Å². The molecule has 1 aliphatic rings. The maximum Gasteiger partial charge on any atom is 0.308 e. The van der Waals surface area contributed by atoms with Crippen molar-refractivity contribution in [1.29, 1.82) is 0 Å². The average molecular weight is 250 g/mol. The van der Waals surface area contributed by atoms with Crippen LogP contribution >= 0.6 is 0 Å². The number of carbonyl (C=O) groups excluding carboxylic acids is 1. The van der Waals surface area contributed by atoms with E-state index in [2.05, 4.69) is 0 Å². The Kier molecular flexibility index (Phi) is 4.84. The van der Waals surface area contributed by atoms with E-state index in [1.54, 1.807) is 13.8 Å². The van der Waals surface area contributed by atoms with Gasteiger partial charge in [-0.3, -0.25) is 4.79 Å². The van der Waals surface area contributed by atoms with E-state index < -0.39 is 49.2 Å². The van der Waals surface area contributed by atoms with Gasteiger partial charge in [0.05, 0.1) is 12.5 Å². The van der Waals surface area contributed by atoms with Crippen molar-refractivity contribution in [3.05, 3.63) is 0 Å². The van der Waals surface area contributed by atoms with E-state index in [1.165, 1.54) is 0 Å². The Morgan fingerprint density at radius 1 is 1.29 bits per heavy atom. The number of hydrogen-bond acceptors (Lipinski definition) is 7. The van der Waals surface area contributed by atoms with Crippen LogP contribution in [0.2, 0.25) is 0 Å². The van der Waals surface area contributed by atoms with Crippen LogP contribution in [-0.4, -0.2) is 63.7 Å². The van der Waals surface area contributed by atoms with Crippen molar-refractivity contribution >= 4 is 5.97 Å². The van der Waals surface area contributed by atoms with Crippen LogP contribution < -0.4 is 0 Å². The molecular formula is C10H18O7. The van der Waals surface area contributed by atoms with Crippen molar-refractivity contribution in [3.8, 4) is 0 Å². The molecule has 0 aliphatic carbocycles. The Bertz CT molecular complexity index is 267. The molecule has 0 aromatic heterocycles. The van der Waals surface area contributed by atoms with Crippen LogP contribution in [0, 0.1) is 5.92 Å². The number of aliphatic hydroxyl groups excluding tert-OH is 4. The Balaban J connectivity index is 2.69. The van der Waals surface area contributed by atoms with Crippen molar-refractivity contribution in [2.24, 2.45) is 5.92 Å². The molecule has 4 N–H and O–H groups in total. The van der Waals surface area contributed by atoms with E-state index in [1.807, 2.05) is 0 Å². The highest BCUT2D eigenvalue weighted by Gasteiger charge is 2.45. The van der Waals surface area contributed by atoms with Crippen LogP contribution in [0.15, 0.2) is 0 Å². The normalized spacial score (nSPS) is 38.2. The maximum atomic E-state index is 11.3. The molecule has 0 amide bonds. The Labute approximate surface area is 98.6 Å². The molecule has 7 nitrogen and oxygen atoms in total. The summed E-state index contributed by atoms with van der Waals surface area (Å²) in [6.45, 7) is 2.63. The molecule has 7 heteroatoms. The summed E-state index contributed by atoms with van der Waals surface area (Å²) in [5.41, 5.74) is 0. The molecule has 1 saturated heterocycles. The summed E-state index contributed by atoms with van der Waals surface area (Å²) >= 11 is 0. The summed E-state index contributed by atoms with van der Waals surface area (Å²) in [4.78, 5) is 11.3. The molecule has 100 valence electrons. The molecule has 0 aromatic rings. The zero-order chi connectivity index (χ0) is 13.2. The first kappa shape index (κ1) is 14.3. The molecule has 1 fully saturated rings. The minimum absolute atomic E-state index is 0.429. The van der Waals surface area contributed by atoms with Crippen LogP contribution in [0.5, 0.6) is 0 Å². The smallest absolute Gasteiger partial charge is 0.308 e. The standard InChI is InChI=1S/C10H18O7/c1-4(2)9(14)17-8-7(13)6(12)5(3-11)16-10(8)15/h4-8,10-13,15H,3H2,1-2H3/t5-,6-,7+,8-,10+/m1/s1. The van der Waals surface area contributed by atoms with Crippen molar-refractivity contribution in [2.45, 2.75) is 44.6 Å². The third-order valence-electron chi connectivity index (χ3n) is 2.57. The van der Waals surface area contributed by atoms with E-state index in [4.69, 9.17) is 14.6 Å². The second kappa shape index (κ2) is 5.74. The fourth-order valence-electron chi connectivity index (χ4n) is 1.47. The van der Waals surface area contributed by atoms with Crippen molar-refractivity contribution < 1.29 is 34.7 Å². The van der Waals surface area contributed by atoms with Crippen molar-refractivity contribution in [1.82, 2.24) is 0 Å². The van der Waals surface area contributed by atoms with Gasteiger partial charge in [-0.05, 0) is 0 Å². The quantitative estimate of drug-likeness (QED) is 0.427. The number of esters is 1. The molecule has 1 aliphatic heterocycles. The van der Waals surface area contributed by atoms with Crippen molar-refractivity contribution in [3.63, 3.8) is 0 Å². The van der Waals surface area contributed by atoms with Gasteiger partial charge in [0.15, 0.2) is 12.4 Å². The van der Waals surface area contributed by atoms with E-state index >= 15 is 0 Å². The van der Waals surface area contributed by atoms with Crippen LogP contribution in [0.1, 0.15) is 13.8 Å². The SMILES string of the molecule is CC(C)C(=O)O[C@@H]1[C@@H](O)[C@H](O)[C@@H](CO)O[C@@H]1O. The predicted octanol–water partition coefficient (Wildman–Crippen LogP) is -2.01. The number of hydrogen-bond donors (Lipinski definition) is 4. The molecule has 1 heterocycles. The second-order valence-corrected chi connectivity index (χ2v) is 4.29. The molecule has 0 saturated carbocycles. The maximum absolute atomic E-state index is 11.3. The van der Waals surface area contributed by atoms with Gasteiger partial charge in [0, 0.05) is 0 Å². The predicted molar refractivity (Wildman–Crippen MR) is 54.7 cm³/mol. The lowest BCUT2D eigenvalue weighted by atomic mass is 9.99. The third-order valence-corrected chi connectivity index (χ3v) is 2.57. The first-order valence-electron chi connectivity index (χ1n) is 5.39. The summed E-state index contributed by atoms with van der Waals surface area (Å²) in [6, 6.07) is 0. The second-order valence-electron chi connectivity index (χ2n) is 4.29. The van der Waals surface area contributed by atoms with Gasteiger partial charge in [-0.1, -0.05) is 13.8 Å². The number of ether oxygens (including phenoxy) is 2. The minimum Gasteiger partial charge on any atom is -0.454 e. The summed E-state index contributed by atoms with van der Waals surface area (Å²) in [7, 11) is 0. The van der Waals surface area contributed by atoms with Gasteiger partial charge in [0.25, 0.3) is 0 Å². The highest BCUT2D eigenvalue weighted by Crippen LogP contribution is 2.22. The fourth-order valence-corrected chi connectivity index (χ4v) is 1.47. The van der Waals surface area contributed by atoms with Gasteiger partial charge in [0.2, 0.25) is 0 Å². The molecular weight excluding hydrogens is 232 g/mol. The third kappa shape index (κ3) is 3.14. The molecule has 5 atom stereocenters. The Morgan fingerprint density at radius 3 is 2.35 bits per heavy atom. The summed E-state index contributed by atoms with van der Waals surface area (Å²) in [5, 5.41) is 37.5. The van der Waals surface area contributed by atoms with Gasteiger partial charge in [-0.15, -0.1) is 0 Å². The van der Waals surface area contributed by atoms with Gasteiger partial charge < -0.3 is 29.9 Å². The topological polar surface area (TPSA) is 116 Å². The molecule has 0 aromatic carbocycles. The summed E-state index contributed by atoms with van der Waals surface area (Å²) in [5.74, 6) is -1.05. The van der Waals surface area contributed by atoms with Crippen LogP contribution in [0.25, 0.3) is 0 Å². The minimum atomic E-state index is -1.58.